The molecule has 5 rings (SSSR count). The topological polar surface area (TPSA) is 39.8 Å². The smallest absolute Gasteiger partial charge is 0.270 e. The van der Waals surface area contributed by atoms with Gasteiger partial charge in [0.1, 0.15) is 5.01 Å². The third-order valence-corrected chi connectivity index (χ3v) is 8.65. The summed E-state index contributed by atoms with van der Waals surface area (Å²) in [4.78, 5) is 18.1. The summed E-state index contributed by atoms with van der Waals surface area (Å²) in [5, 5.41) is 3.72. The second-order valence-corrected chi connectivity index (χ2v) is 10.2. The molecule has 6 heteroatoms. The number of hydrogen-bond donors (Lipinski definition) is 0. The molecule has 2 aliphatic rings. The highest BCUT2D eigenvalue weighted by atomic mass is 35.5. The molecule has 3 aromatic rings. The summed E-state index contributed by atoms with van der Waals surface area (Å²) in [6.07, 6.45) is 2.28. The fraction of sp³-hybridized carbons (Fsp3) is 0.455. The van der Waals surface area contributed by atoms with E-state index in [1.165, 1.54) is 5.69 Å². The maximum atomic E-state index is 13.3. The van der Waals surface area contributed by atoms with Crippen LogP contribution in [0.25, 0.3) is 10.6 Å². The van der Waals surface area contributed by atoms with Crippen molar-refractivity contribution >= 4 is 22.9 Å². The Labute approximate surface area is 173 Å². The second kappa shape index (κ2) is 5.83. The Bertz CT molecular complexity index is 1140. The van der Waals surface area contributed by atoms with Gasteiger partial charge in [0.2, 0.25) is 0 Å². The largest absolute Gasteiger partial charge is 0.288 e. The van der Waals surface area contributed by atoms with Gasteiger partial charge in [0, 0.05) is 34.0 Å². The summed E-state index contributed by atoms with van der Waals surface area (Å²) in [7, 11) is 2.04. The molecule has 2 aromatic heterocycles. The van der Waals surface area contributed by atoms with Crippen molar-refractivity contribution in [3.63, 3.8) is 0 Å². The van der Waals surface area contributed by atoms with Gasteiger partial charge < -0.3 is 0 Å². The summed E-state index contributed by atoms with van der Waals surface area (Å²) >= 11 is 7.59. The van der Waals surface area contributed by atoms with Crippen LogP contribution < -0.4 is 5.56 Å². The van der Waals surface area contributed by atoms with Crippen molar-refractivity contribution in [1.29, 1.82) is 0 Å². The predicted octanol–water partition coefficient (Wildman–Crippen LogP) is 5.19. The number of rotatable bonds is 3. The number of thiazole rings is 1. The van der Waals surface area contributed by atoms with Crippen LogP contribution in [0, 0.1) is 5.41 Å². The van der Waals surface area contributed by atoms with Gasteiger partial charge in [0.05, 0.1) is 17.9 Å². The zero-order valence-corrected chi connectivity index (χ0v) is 18.2. The molecule has 2 aliphatic carbocycles. The second-order valence-electron chi connectivity index (χ2n) is 8.94. The van der Waals surface area contributed by atoms with E-state index in [2.05, 4.69) is 30.8 Å². The summed E-state index contributed by atoms with van der Waals surface area (Å²) in [5.41, 5.74) is 4.66. The van der Waals surface area contributed by atoms with Crippen LogP contribution in [-0.4, -0.2) is 14.3 Å². The van der Waals surface area contributed by atoms with Crippen molar-refractivity contribution in [2.45, 2.75) is 51.5 Å². The van der Waals surface area contributed by atoms with E-state index in [0.717, 1.165) is 39.7 Å². The van der Waals surface area contributed by atoms with Crippen molar-refractivity contribution in [3.05, 3.63) is 62.0 Å². The number of fused-ring (bicyclic) bond motifs is 5. The fourth-order valence-electron chi connectivity index (χ4n) is 5.51. The SMILES string of the molecule is Cn1c2c(c(=O)n1Cc1csc(-c3ccc(Cl)cc3)n1)C1CCC2(C)C1(C)C. The van der Waals surface area contributed by atoms with E-state index >= 15 is 0 Å². The monoisotopic (exact) mass is 413 g/mol. The zero-order valence-electron chi connectivity index (χ0n) is 16.6. The summed E-state index contributed by atoms with van der Waals surface area (Å²) in [6.45, 7) is 7.50. The van der Waals surface area contributed by atoms with Crippen molar-refractivity contribution in [1.82, 2.24) is 14.3 Å². The quantitative estimate of drug-likeness (QED) is 0.593. The Kier molecular flexibility index (Phi) is 3.79. The molecule has 2 bridgehead atoms. The maximum Gasteiger partial charge on any atom is 0.270 e. The number of halogens is 1. The van der Waals surface area contributed by atoms with Gasteiger partial charge in [-0.1, -0.05) is 44.5 Å². The average Bonchev–Trinajstić information content (AvgIpc) is 3.32. The molecule has 1 saturated carbocycles. The number of benzene rings is 1. The van der Waals surface area contributed by atoms with Crippen LogP contribution in [-0.2, 0) is 19.0 Å². The van der Waals surface area contributed by atoms with Crippen LogP contribution in [0.15, 0.2) is 34.4 Å². The first-order valence-corrected chi connectivity index (χ1v) is 11.0. The summed E-state index contributed by atoms with van der Waals surface area (Å²) < 4.78 is 3.98. The Morgan fingerprint density at radius 1 is 1.25 bits per heavy atom. The molecule has 2 heterocycles. The van der Waals surface area contributed by atoms with Gasteiger partial charge in [-0.15, -0.1) is 11.3 Å². The summed E-state index contributed by atoms with van der Waals surface area (Å²) in [6, 6.07) is 7.72. The normalized spacial score (nSPS) is 24.7. The highest BCUT2D eigenvalue weighted by molar-refractivity contribution is 7.13. The van der Waals surface area contributed by atoms with Crippen LogP contribution in [0.4, 0.5) is 0 Å². The molecular formula is C22H24ClN3OS. The van der Waals surface area contributed by atoms with E-state index in [0.29, 0.717) is 12.5 Å². The highest BCUT2D eigenvalue weighted by Crippen LogP contribution is 2.66. The lowest BCUT2D eigenvalue weighted by Gasteiger charge is -2.36. The molecule has 0 aliphatic heterocycles. The Morgan fingerprint density at radius 2 is 1.96 bits per heavy atom. The van der Waals surface area contributed by atoms with E-state index in [1.807, 2.05) is 36.0 Å². The Morgan fingerprint density at radius 3 is 2.64 bits per heavy atom. The third-order valence-electron chi connectivity index (χ3n) is 7.46. The molecule has 0 N–H and O–H groups in total. The van der Waals surface area contributed by atoms with E-state index in [1.54, 1.807) is 11.3 Å². The average molecular weight is 414 g/mol. The standard InChI is InChI=1S/C22H24ClN3OS/c1-21(2)16-9-10-22(21,3)18-17(16)20(27)26(25(18)4)11-15-12-28-19(24-15)13-5-7-14(23)8-6-13/h5-8,12,16H,9-11H2,1-4H3. The molecule has 1 aromatic carbocycles. The molecule has 1 fully saturated rings. The van der Waals surface area contributed by atoms with E-state index in [9.17, 15) is 4.79 Å². The molecule has 2 atom stereocenters. The Balaban J connectivity index is 1.52. The van der Waals surface area contributed by atoms with Crippen LogP contribution in [0.1, 0.15) is 56.5 Å². The van der Waals surface area contributed by atoms with Gasteiger partial charge >= 0.3 is 0 Å². The van der Waals surface area contributed by atoms with Crippen LogP contribution in [0.5, 0.6) is 0 Å². The number of hydrogen-bond acceptors (Lipinski definition) is 3. The lowest BCUT2D eigenvalue weighted by Crippen LogP contribution is -2.35. The molecule has 0 saturated heterocycles. The molecular weight excluding hydrogens is 390 g/mol. The van der Waals surface area contributed by atoms with Crippen LogP contribution >= 0.6 is 22.9 Å². The van der Waals surface area contributed by atoms with E-state index < -0.39 is 0 Å². The Hall–Kier alpha value is -1.85. The van der Waals surface area contributed by atoms with Gasteiger partial charge in [-0.3, -0.25) is 9.48 Å². The zero-order chi connectivity index (χ0) is 19.8. The van der Waals surface area contributed by atoms with Crippen molar-refractivity contribution in [3.8, 4) is 10.6 Å². The first-order valence-electron chi connectivity index (χ1n) is 9.74. The van der Waals surface area contributed by atoms with Gasteiger partial charge in [-0.25, -0.2) is 9.67 Å². The van der Waals surface area contributed by atoms with Gasteiger partial charge in [0.15, 0.2) is 0 Å². The first kappa shape index (κ1) is 18.2. The van der Waals surface area contributed by atoms with Gasteiger partial charge in [-0.2, -0.15) is 0 Å². The molecule has 0 amide bonds. The number of aromatic nitrogens is 3. The minimum absolute atomic E-state index is 0.0721. The van der Waals surface area contributed by atoms with Crippen LogP contribution in [0.3, 0.4) is 0 Å². The van der Waals surface area contributed by atoms with Crippen molar-refractivity contribution in [2.24, 2.45) is 12.5 Å². The third kappa shape index (κ3) is 2.23. The first-order chi connectivity index (χ1) is 13.2. The van der Waals surface area contributed by atoms with Crippen molar-refractivity contribution in [2.75, 3.05) is 0 Å². The lowest BCUT2D eigenvalue weighted by atomic mass is 9.70. The lowest BCUT2D eigenvalue weighted by molar-refractivity contribution is 0.215. The minimum Gasteiger partial charge on any atom is -0.288 e. The maximum absolute atomic E-state index is 13.3. The van der Waals surface area contributed by atoms with Gasteiger partial charge in [-0.05, 0) is 36.3 Å². The predicted molar refractivity (Wildman–Crippen MR) is 114 cm³/mol. The van der Waals surface area contributed by atoms with E-state index in [-0.39, 0.29) is 16.4 Å². The molecule has 0 radical (unpaired) electrons. The van der Waals surface area contributed by atoms with Gasteiger partial charge in [0.25, 0.3) is 5.56 Å². The number of nitrogens with zero attached hydrogens (tertiary/aromatic N) is 3. The molecule has 146 valence electrons. The van der Waals surface area contributed by atoms with E-state index in [4.69, 9.17) is 16.6 Å². The van der Waals surface area contributed by atoms with Crippen LogP contribution in [0.2, 0.25) is 5.02 Å². The van der Waals surface area contributed by atoms with Crippen molar-refractivity contribution < 1.29 is 0 Å². The molecule has 28 heavy (non-hydrogen) atoms. The molecule has 0 spiro atoms. The molecule has 4 nitrogen and oxygen atoms in total. The highest BCUT2D eigenvalue weighted by Gasteiger charge is 2.62. The summed E-state index contributed by atoms with van der Waals surface area (Å²) in [5.74, 6) is 0.368. The minimum atomic E-state index is 0.0721. The fourth-order valence-corrected chi connectivity index (χ4v) is 6.45. The molecule has 2 unspecified atom stereocenters.